The Kier molecular flexibility index (Phi) is 113. The molecule has 0 unspecified atom stereocenters. The Morgan fingerprint density at radius 1 is 1.17 bits per heavy atom. The number of rotatable bonds is 0. The predicted octanol–water partition coefficient (Wildman–Crippen LogP) is 0.264. The summed E-state index contributed by atoms with van der Waals surface area (Å²) in [5.74, 6) is 0. The Bertz CT molecular complexity index is 11.5. The van der Waals surface area contributed by atoms with Crippen molar-refractivity contribution in [1.82, 2.24) is 0 Å². The van der Waals surface area contributed by atoms with E-state index in [9.17, 15) is 0 Å². The average Bonchev–Trinajstić information content (AvgIpc) is 1.46. The number of hydrogen-bond donors (Lipinski definition) is 2. The molecular formula is C2H11ClCuN2. The van der Waals surface area contributed by atoms with E-state index in [0.29, 0.717) is 0 Å². The molecule has 0 saturated heterocycles. The third-order valence-electron chi connectivity index (χ3n) is 0. The minimum absolute atomic E-state index is 0. The second-order valence-electron chi connectivity index (χ2n) is 0.101. The van der Waals surface area contributed by atoms with Crippen LogP contribution in [-0.2, 0) is 15.4 Å². The van der Waals surface area contributed by atoms with Crippen molar-refractivity contribution in [2.45, 2.75) is 13.8 Å². The molecule has 0 heterocycles. The van der Waals surface area contributed by atoms with Gasteiger partial charge >= 0.3 is 24.9 Å². The quantitative estimate of drug-likeness (QED) is 0.502. The monoisotopic (exact) mass is 161 g/mol. The normalized spacial score (nSPS) is 4.67. The molecule has 0 spiro atoms. The van der Waals surface area contributed by atoms with Gasteiger partial charge in [-0.1, -0.05) is 13.8 Å². The van der Waals surface area contributed by atoms with E-state index < -0.39 is 0 Å². The molecule has 0 fully saturated rings. The molecular weight excluding hydrogens is 151 g/mol. The molecule has 0 atom stereocenters. The second kappa shape index (κ2) is 42.8. The van der Waals surface area contributed by atoms with Crippen LogP contribution in [0.3, 0.4) is 0 Å². The van der Waals surface area contributed by atoms with Crippen molar-refractivity contribution >= 4 is 12.4 Å². The Balaban J connectivity index is -0.0000000275. The van der Waals surface area contributed by atoms with Gasteiger partial charge in [-0.15, -0.1) is 12.4 Å². The standard InChI is InChI=1S/C2H6.ClH.Cu.2H2N/c1-2;;;;/h1-2H3;1H;;2*1H2/q;;+2;2*-1. The molecule has 0 aliphatic heterocycles. The van der Waals surface area contributed by atoms with E-state index >= 15 is 0 Å². The molecule has 2 nitrogen and oxygen atoms in total. The summed E-state index contributed by atoms with van der Waals surface area (Å²) in [6.07, 6.45) is 0. The zero-order chi connectivity index (χ0) is 4.71. The first-order valence-electron chi connectivity index (χ1n) is 1.35. The van der Waals surface area contributed by atoms with Gasteiger partial charge in [0.05, 0.1) is 0 Å². The molecule has 0 amide bonds. The Morgan fingerprint density at radius 3 is 1.17 bits per heavy atom. The van der Waals surface area contributed by atoms with Crippen molar-refractivity contribution in [3.05, 3.63) is 0 Å². The third kappa shape index (κ3) is 124. The number of nitrogens with two attached hydrogens (primary N) is 2. The summed E-state index contributed by atoms with van der Waals surface area (Å²) in [5, 5.41) is 0. The zero-order valence-corrected chi connectivity index (χ0v) is 5.62. The SMILES string of the molecule is CC.Cl.[NH2][Cu][NH2]. The first kappa shape index (κ1) is 15.9. The third-order valence-corrected chi connectivity index (χ3v) is 0. The van der Waals surface area contributed by atoms with Crippen LogP contribution in [0.15, 0.2) is 0 Å². The van der Waals surface area contributed by atoms with Crippen molar-refractivity contribution in [2.24, 2.45) is 9.50 Å². The summed E-state index contributed by atoms with van der Waals surface area (Å²) >= 11 is 0.812. The van der Waals surface area contributed by atoms with Gasteiger partial charge < -0.3 is 0 Å². The maximum atomic E-state index is 4.53. The summed E-state index contributed by atoms with van der Waals surface area (Å²) in [6.45, 7) is 4.00. The van der Waals surface area contributed by atoms with Crippen LogP contribution < -0.4 is 9.50 Å². The van der Waals surface area contributed by atoms with Gasteiger partial charge in [-0.05, 0) is 0 Å². The molecule has 0 rings (SSSR count). The second-order valence-corrected chi connectivity index (χ2v) is 0.414. The maximum absolute atomic E-state index is 4.53. The van der Waals surface area contributed by atoms with E-state index in [4.69, 9.17) is 0 Å². The Hall–Kier alpha value is 0.729. The van der Waals surface area contributed by atoms with Gasteiger partial charge in [0.15, 0.2) is 0 Å². The van der Waals surface area contributed by atoms with Gasteiger partial charge in [-0.2, -0.15) is 0 Å². The topological polar surface area (TPSA) is 52.0 Å². The molecule has 0 saturated carbocycles. The van der Waals surface area contributed by atoms with Crippen LogP contribution in [0.5, 0.6) is 0 Å². The van der Waals surface area contributed by atoms with Crippen molar-refractivity contribution in [2.75, 3.05) is 0 Å². The first-order valence-corrected chi connectivity index (χ1v) is 2.44. The van der Waals surface area contributed by atoms with Crippen LogP contribution in [0.4, 0.5) is 0 Å². The van der Waals surface area contributed by atoms with E-state index in [0.717, 1.165) is 15.4 Å². The summed E-state index contributed by atoms with van der Waals surface area (Å²) in [5.41, 5.74) is 0. The summed E-state index contributed by atoms with van der Waals surface area (Å²) < 4.78 is 9.06. The Morgan fingerprint density at radius 2 is 1.17 bits per heavy atom. The van der Waals surface area contributed by atoms with Crippen molar-refractivity contribution in [1.29, 1.82) is 0 Å². The molecule has 4 heteroatoms. The fourth-order valence-corrected chi connectivity index (χ4v) is 0. The average molecular weight is 162 g/mol. The molecule has 47 valence electrons. The van der Waals surface area contributed by atoms with Crippen molar-refractivity contribution in [3.63, 3.8) is 0 Å². The van der Waals surface area contributed by atoms with Gasteiger partial charge in [-0.25, -0.2) is 0 Å². The van der Waals surface area contributed by atoms with Gasteiger partial charge in [-0.3, -0.25) is 0 Å². The van der Waals surface area contributed by atoms with Gasteiger partial charge in [0, 0.05) is 0 Å². The number of hydrogen-bond acceptors (Lipinski definition) is 2. The van der Waals surface area contributed by atoms with Crippen LogP contribution in [0.2, 0.25) is 0 Å². The van der Waals surface area contributed by atoms with Crippen LogP contribution >= 0.6 is 12.4 Å². The molecule has 0 bridgehead atoms. The van der Waals surface area contributed by atoms with E-state index in [2.05, 4.69) is 9.50 Å². The van der Waals surface area contributed by atoms with Gasteiger partial charge in [0.25, 0.3) is 0 Å². The van der Waals surface area contributed by atoms with Gasteiger partial charge in [0.2, 0.25) is 0 Å². The van der Waals surface area contributed by atoms with Crippen LogP contribution in [0.25, 0.3) is 0 Å². The number of halogens is 1. The molecule has 4 N–H and O–H groups in total. The van der Waals surface area contributed by atoms with E-state index in [1.807, 2.05) is 13.8 Å². The fourth-order valence-electron chi connectivity index (χ4n) is 0. The summed E-state index contributed by atoms with van der Waals surface area (Å²) in [4.78, 5) is 0. The predicted molar refractivity (Wildman–Crippen MR) is 27.0 cm³/mol. The minimum atomic E-state index is 0. The fraction of sp³-hybridized carbons (Fsp3) is 1.00. The molecule has 0 aromatic heterocycles. The molecule has 0 aliphatic carbocycles. The summed E-state index contributed by atoms with van der Waals surface area (Å²) in [6, 6.07) is 0. The first-order chi connectivity index (χ1) is 2.41. The van der Waals surface area contributed by atoms with Crippen LogP contribution in [0, 0.1) is 0 Å². The molecule has 0 aliphatic rings. The molecule has 0 aromatic rings. The molecule has 0 radical (unpaired) electrons. The van der Waals surface area contributed by atoms with Crippen LogP contribution in [0.1, 0.15) is 13.8 Å². The van der Waals surface area contributed by atoms with Gasteiger partial charge in [0.1, 0.15) is 0 Å². The van der Waals surface area contributed by atoms with Crippen molar-refractivity contribution in [3.8, 4) is 0 Å². The molecule has 6 heavy (non-hydrogen) atoms. The molecule has 0 aromatic carbocycles. The zero-order valence-electron chi connectivity index (χ0n) is 3.86. The van der Waals surface area contributed by atoms with E-state index in [1.54, 1.807) is 0 Å². The Labute approximate surface area is 51.6 Å². The van der Waals surface area contributed by atoms with E-state index in [1.165, 1.54) is 0 Å². The van der Waals surface area contributed by atoms with E-state index in [-0.39, 0.29) is 12.4 Å². The van der Waals surface area contributed by atoms with Crippen LogP contribution in [-0.4, -0.2) is 0 Å². The van der Waals surface area contributed by atoms with Crippen molar-refractivity contribution < 1.29 is 15.4 Å². The summed E-state index contributed by atoms with van der Waals surface area (Å²) in [7, 11) is 0.